The van der Waals surface area contributed by atoms with E-state index < -0.39 is 5.41 Å². The highest BCUT2D eigenvalue weighted by molar-refractivity contribution is 9.10. The summed E-state index contributed by atoms with van der Waals surface area (Å²) in [5.41, 5.74) is 1.11. The third-order valence-corrected chi connectivity index (χ3v) is 2.71. The summed E-state index contributed by atoms with van der Waals surface area (Å²) in [6.45, 7) is 3.74. The first-order chi connectivity index (χ1) is 6.01. The normalized spacial score (nSPS) is 18.2. The van der Waals surface area contributed by atoms with Gasteiger partial charge in [0.25, 0.3) is 0 Å². The Morgan fingerprint density at radius 2 is 2.15 bits per heavy atom. The number of halogens is 1. The van der Waals surface area contributed by atoms with Crippen molar-refractivity contribution in [3.63, 3.8) is 0 Å². The maximum atomic E-state index is 11.5. The lowest BCUT2D eigenvalue weighted by molar-refractivity contribution is -0.119. The van der Waals surface area contributed by atoms with Crippen molar-refractivity contribution in [3.8, 4) is 0 Å². The molecule has 1 amide bonds. The fourth-order valence-electron chi connectivity index (χ4n) is 1.40. The number of nitrogens with zero attached hydrogens (tertiary/aromatic N) is 1. The second kappa shape index (κ2) is 2.54. The Morgan fingerprint density at radius 1 is 1.46 bits per heavy atom. The second-order valence-corrected chi connectivity index (χ2v) is 4.42. The monoisotopic (exact) mass is 240 g/mol. The molecule has 0 atom stereocenters. The van der Waals surface area contributed by atoms with Gasteiger partial charge < -0.3 is 5.32 Å². The van der Waals surface area contributed by atoms with E-state index in [2.05, 4.69) is 26.2 Å². The summed E-state index contributed by atoms with van der Waals surface area (Å²) in [4.78, 5) is 15.8. The first-order valence-corrected chi connectivity index (χ1v) is 4.79. The summed E-state index contributed by atoms with van der Waals surface area (Å²) in [6.07, 6.45) is 0. The minimum absolute atomic E-state index is 0.00750. The van der Waals surface area contributed by atoms with E-state index in [4.69, 9.17) is 0 Å². The molecule has 4 heteroatoms. The third-order valence-electron chi connectivity index (χ3n) is 2.27. The van der Waals surface area contributed by atoms with Gasteiger partial charge in [0.15, 0.2) is 0 Å². The lowest BCUT2D eigenvalue weighted by atomic mass is 9.90. The highest BCUT2D eigenvalue weighted by Crippen LogP contribution is 2.36. The van der Waals surface area contributed by atoms with Crippen molar-refractivity contribution in [2.24, 2.45) is 0 Å². The Bertz CT molecular complexity index is 387. The van der Waals surface area contributed by atoms with Crippen LogP contribution in [0.4, 0.5) is 5.69 Å². The maximum Gasteiger partial charge on any atom is 0.236 e. The number of hydrogen-bond acceptors (Lipinski definition) is 2. The van der Waals surface area contributed by atoms with Crippen molar-refractivity contribution in [3.05, 3.63) is 22.4 Å². The van der Waals surface area contributed by atoms with Crippen molar-refractivity contribution in [1.29, 1.82) is 0 Å². The standard InChI is InChI=1S/C9H9BrN2O/c1-9(2)7-5(11-8(9)13)3-4-6(10)12-7/h3-4H,1-2H3,(H,11,13). The largest absolute Gasteiger partial charge is 0.324 e. The lowest BCUT2D eigenvalue weighted by Crippen LogP contribution is -2.27. The number of anilines is 1. The third kappa shape index (κ3) is 1.16. The molecule has 0 spiro atoms. The van der Waals surface area contributed by atoms with Crippen LogP contribution in [0.25, 0.3) is 0 Å². The van der Waals surface area contributed by atoms with Crippen LogP contribution in [-0.2, 0) is 10.2 Å². The molecule has 3 nitrogen and oxygen atoms in total. The molecular weight excluding hydrogens is 232 g/mol. The average molecular weight is 241 g/mol. The second-order valence-electron chi connectivity index (χ2n) is 3.61. The van der Waals surface area contributed by atoms with Crippen LogP contribution in [0.2, 0.25) is 0 Å². The fourth-order valence-corrected chi connectivity index (χ4v) is 1.71. The zero-order chi connectivity index (χ0) is 9.64. The van der Waals surface area contributed by atoms with Crippen molar-refractivity contribution in [1.82, 2.24) is 4.98 Å². The molecule has 1 aliphatic heterocycles. The molecule has 2 rings (SSSR count). The van der Waals surface area contributed by atoms with Crippen molar-refractivity contribution < 1.29 is 4.79 Å². The van der Waals surface area contributed by atoms with Crippen LogP contribution in [-0.4, -0.2) is 10.9 Å². The number of nitrogens with one attached hydrogen (secondary N) is 1. The highest BCUT2D eigenvalue weighted by atomic mass is 79.9. The van der Waals surface area contributed by atoms with E-state index in [0.717, 1.165) is 16.0 Å². The molecule has 1 aliphatic rings. The number of hydrogen-bond donors (Lipinski definition) is 1. The Balaban J connectivity index is 2.64. The molecule has 2 heterocycles. The first-order valence-electron chi connectivity index (χ1n) is 4.00. The van der Waals surface area contributed by atoms with Gasteiger partial charge in [-0.3, -0.25) is 4.79 Å². The SMILES string of the molecule is CC1(C)C(=O)Nc2ccc(Br)nc21. The number of carbonyl (C=O) groups excluding carboxylic acids is 1. The topological polar surface area (TPSA) is 42.0 Å². The van der Waals surface area contributed by atoms with Gasteiger partial charge in [-0.25, -0.2) is 4.98 Å². The first kappa shape index (κ1) is 8.69. The van der Waals surface area contributed by atoms with Gasteiger partial charge in [0.2, 0.25) is 5.91 Å². The predicted octanol–water partition coefficient (Wildman–Crippen LogP) is 2.07. The molecule has 0 fully saturated rings. The summed E-state index contributed by atoms with van der Waals surface area (Å²) in [5.74, 6) is 0.00750. The Hall–Kier alpha value is -0.900. The summed E-state index contributed by atoms with van der Waals surface area (Å²) < 4.78 is 0.760. The van der Waals surface area contributed by atoms with Gasteiger partial charge in [0.05, 0.1) is 16.8 Å². The molecule has 0 saturated carbocycles. The van der Waals surface area contributed by atoms with Gasteiger partial charge in [-0.1, -0.05) is 0 Å². The summed E-state index contributed by atoms with van der Waals surface area (Å²) >= 11 is 3.29. The maximum absolute atomic E-state index is 11.5. The number of carbonyl (C=O) groups is 1. The Labute approximate surface area is 84.7 Å². The minimum atomic E-state index is -0.515. The number of fused-ring (bicyclic) bond motifs is 1. The minimum Gasteiger partial charge on any atom is -0.324 e. The number of aromatic nitrogens is 1. The molecule has 0 aliphatic carbocycles. The molecule has 0 unspecified atom stereocenters. The van der Waals surface area contributed by atoms with Crippen LogP contribution in [0.1, 0.15) is 19.5 Å². The molecule has 0 saturated heterocycles. The quantitative estimate of drug-likeness (QED) is 0.706. The molecule has 1 aromatic heterocycles. The fraction of sp³-hybridized carbons (Fsp3) is 0.333. The zero-order valence-corrected chi connectivity index (χ0v) is 8.97. The molecular formula is C9H9BrN2O. The highest BCUT2D eigenvalue weighted by Gasteiger charge is 2.39. The number of amides is 1. The molecule has 1 N–H and O–H groups in total. The van der Waals surface area contributed by atoms with E-state index in [1.807, 2.05) is 26.0 Å². The van der Waals surface area contributed by atoms with E-state index in [9.17, 15) is 4.79 Å². The van der Waals surface area contributed by atoms with Crippen LogP contribution in [0, 0.1) is 0 Å². The van der Waals surface area contributed by atoms with E-state index in [1.165, 1.54) is 0 Å². The van der Waals surface area contributed by atoms with Gasteiger partial charge in [0, 0.05) is 0 Å². The van der Waals surface area contributed by atoms with Crippen molar-refractivity contribution in [2.45, 2.75) is 19.3 Å². The van der Waals surface area contributed by atoms with E-state index >= 15 is 0 Å². The number of rotatable bonds is 0. The van der Waals surface area contributed by atoms with Crippen molar-refractivity contribution in [2.75, 3.05) is 5.32 Å². The van der Waals surface area contributed by atoms with E-state index in [-0.39, 0.29) is 5.91 Å². The van der Waals surface area contributed by atoms with Crippen LogP contribution in [0.3, 0.4) is 0 Å². The van der Waals surface area contributed by atoms with Crippen LogP contribution < -0.4 is 5.32 Å². The average Bonchev–Trinajstić information content (AvgIpc) is 2.27. The summed E-state index contributed by atoms with van der Waals surface area (Å²) in [7, 11) is 0. The Morgan fingerprint density at radius 3 is 2.85 bits per heavy atom. The molecule has 13 heavy (non-hydrogen) atoms. The van der Waals surface area contributed by atoms with Crippen LogP contribution in [0.5, 0.6) is 0 Å². The summed E-state index contributed by atoms with van der Waals surface area (Å²) in [6, 6.07) is 3.68. The van der Waals surface area contributed by atoms with Crippen LogP contribution >= 0.6 is 15.9 Å². The van der Waals surface area contributed by atoms with Gasteiger partial charge in [-0.05, 0) is 41.9 Å². The Kier molecular flexibility index (Phi) is 1.70. The van der Waals surface area contributed by atoms with Gasteiger partial charge in [-0.15, -0.1) is 0 Å². The summed E-state index contributed by atoms with van der Waals surface area (Å²) in [5, 5.41) is 2.79. The van der Waals surface area contributed by atoms with E-state index in [0.29, 0.717) is 0 Å². The molecule has 1 aromatic rings. The molecule has 0 aromatic carbocycles. The molecule has 68 valence electrons. The smallest absolute Gasteiger partial charge is 0.236 e. The predicted molar refractivity (Wildman–Crippen MR) is 53.6 cm³/mol. The van der Waals surface area contributed by atoms with Crippen LogP contribution in [0.15, 0.2) is 16.7 Å². The van der Waals surface area contributed by atoms with Crippen molar-refractivity contribution >= 4 is 27.5 Å². The number of pyridine rings is 1. The lowest BCUT2D eigenvalue weighted by Gasteiger charge is -2.13. The van der Waals surface area contributed by atoms with Gasteiger partial charge in [0.1, 0.15) is 4.60 Å². The molecule has 0 bridgehead atoms. The molecule has 0 radical (unpaired) electrons. The zero-order valence-electron chi connectivity index (χ0n) is 7.39. The van der Waals surface area contributed by atoms with Gasteiger partial charge >= 0.3 is 0 Å². The van der Waals surface area contributed by atoms with Gasteiger partial charge in [-0.2, -0.15) is 0 Å². The van der Waals surface area contributed by atoms with E-state index in [1.54, 1.807) is 0 Å².